The van der Waals surface area contributed by atoms with Crippen LogP contribution < -0.4 is 10.6 Å². The van der Waals surface area contributed by atoms with Crippen LogP contribution in [0.3, 0.4) is 0 Å². The number of carboxylic acids is 1. The van der Waals surface area contributed by atoms with Crippen molar-refractivity contribution >= 4 is 11.9 Å². The maximum atomic E-state index is 11.7. The van der Waals surface area contributed by atoms with Gasteiger partial charge in [-0.25, -0.2) is 0 Å². The quantitative estimate of drug-likeness (QED) is 0.626. The van der Waals surface area contributed by atoms with Gasteiger partial charge in [-0.3, -0.25) is 9.59 Å². The lowest BCUT2D eigenvalue weighted by atomic mass is 9.91. The molecule has 0 unspecified atom stereocenters. The molecule has 6 heteroatoms. The monoisotopic (exact) mass is 320 g/mol. The van der Waals surface area contributed by atoms with E-state index < -0.39 is 5.97 Å². The number of esters is 1. The highest BCUT2D eigenvalue weighted by Crippen LogP contribution is 2.18. The molecule has 6 nitrogen and oxygen atoms in total. The number of carbonyl (C=O) groups is 2. The summed E-state index contributed by atoms with van der Waals surface area (Å²) in [6, 6.07) is 10.2. The molecule has 0 bridgehead atoms. The van der Waals surface area contributed by atoms with Crippen LogP contribution in [-0.4, -0.2) is 42.2 Å². The van der Waals surface area contributed by atoms with E-state index in [1.165, 1.54) is 0 Å². The average molecular weight is 320 g/mol. The predicted molar refractivity (Wildman–Crippen MR) is 85.9 cm³/mol. The number of nitrogens with one attached hydrogen (secondary N) is 2. The summed E-state index contributed by atoms with van der Waals surface area (Å²) in [6.07, 6.45) is 3.71. The third-order valence-electron chi connectivity index (χ3n) is 4.05. The fraction of sp³-hybridized carbons (Fsp3) is 0.529. The summed E-state index contributed by atoms with van der Waals surface area (Å²) in [5.41, 5.74) is 0.978. The zero-order valence-corrected chi connectivity index (χ0v) is 13.2. The highest BCUT2D eigenvalue weighted by Gasteiger charge is 2.21. The van der Waals surface area contributed by atoms with E-state index in [0.717, 1.165) is 31.2 Å². The van der Waals surface area contributed by atoms with Crippen LogP contribution in [0.5, 0.6) is 0 Å². The summed E-state index contributed by atoms with van der Waals surface area (Å²) in [4.78, 5) is 22.3. The van der Waals surface area contributed by atoms with Crippen molar-refractivity contribution in [1.82, 2.24) is 10.6 Å². The van der Waals surface area contributed by atoms with E-state index in [0.29, 0.717) is 12.6 Å². The second-order valence-electron chi connectivity index (χ2n) is 5.85. The van der Waals surface area contributed by atoms with E-state index in [1.807, 2.05) is 30.3 Å². The Kier molecular flexibility index (Phi) is 7.03. The van der Waals surface area contributed by atoms with Crippen molar-refractivity contribution in [2.45, 2.75) is 44.4 Å². The number of carbonyl (C=O) groups excluding carboxylic acids is 1. The standard InChI is InChI=1S/C17H24N2O4/c20-16(21)10-18-14-6-8-15(9-7-14)19-11-17(22)23-12-13-4-2-1-3-5-13/h1-5,14-15,18-19H,6-12H2,(H,20,21). The zero-order chi connectivity index (χ0) is 16.5. The summed E-state index contributed by atoms with van der Waals surface area (Å²) < 4.78 is 5.23. The lowest BCUT2D eigenvalue weighted by molar-refractivity contribution is -0.144. The molecule has 0 atom stereocenters. The van der Waals surface area contributed by atoms with E-state index in [2.05, 4.69) is 10.6 Å². The van der Waals surface area contributed by atoms with Crippen LogP contribution in [0, 0.1) is 0 Å². The second-order valence-corrected chi connectivity index (χ2v) is 5.85. The summed E-state index contributed by atoms with van der Waals surface area (Å²) in [6.45, 7) is 0.520. The zero-order valence-electron chi connectivity index (χ0n) is 13.2. The van der Waals surface area contributed by atoms with Gasteiger partial charge in [-0.05, 0) is 31.2 Å². The van der Waals surface area contributed by atoms with E-state index in [4.69, 9.17) is 9.84 Å². The van der Waals surface area contributed by atoms with Crippen molar-refractivity contribution < 1.29 is 19.4 Å². The normalized spacial score (nSPS) is 20.9. The minimum atomic E-state index is -0.827. The van der Waals surface area contributed by atoms with Crippen LogP contribution in [0.2, 0.25) is 0 Å². The summed E-state index contributed by atoms with van der Waals surface area (Å²) in [5, 5.41) is 14.9. The van der Waals surface area contributed by atoms with Gasteiger partial charge in [0.1, 0.15) is 6.61 Å². The van der Waals surface area contributed by atoms with Crippen molar-refractivity contribution in [3.8, 4) is 0 Å². The van der Waals surface area contributed by atoms with E-state index in [-0.39, 0.29) is 25.1 Å². The molecule has 1 aromatic rings. The molecule has 1 saturated carbocycles. The minimum Gasteiger partial charge on any atom is -0.480 e. The first-order chi connectivity index (χ1) is 11.1. The molecule has 2 rings (SSSR count). The first-order valence-corrected chi connectivity index (χ1v) is 8.01. The number of rotatable bonds is 8. The molecule has 1 aliphatic carbocycles. The molecule has 1 aromatic carbocycles. The Morgan fingerprint density at radius 1 is 1.00 bits per heavy atom. The highest BCUT2D eigenvalue weighted by molar-refractivity contribution is 5.71. The average Bonchev–Trinajstić information content (AvgIpc) is 2.58. The molecule has 1 fully saturated rings. The van der Waals surface area contributed by atoms with Crippen molar-refractivity contribution in [1.29, 1.82) is 0 Å². The maximum absolute atomic E-state index is 11.7. The van der Waals surface area contributed by atoms with Crippen LogP contribution in [0.15, 0.2) is 30.3 Å². The summed E-state index contributed by atoms with van der Waals surface area (Å²) >= 11 is 0. The Bertz CT molecular complexity index is 499. The molecule has 0 heterocycles. The molecular formula is C17H24N2O4. The van der Waals surface area contributed by atoms with Gasteiger partial charge in [0.05, 0.1) is 13.1 Å². The number of aliphatic carboxylic acids is 1. The van der Waals surface area contributed by atoms with Crippen LogP contribution >= 0.6 is 0 Å². The molecule has 23 heavy (non-hydrogen) atoms. The van der Waals surface area contributed by atoms with Crippen molar-refractivity contribution in [2.24, 2.45) is 0 Å². The largest absolute Gasteiger partial charge is 0.480 e. The van der Waals surface area contributed by atoms with Gasteiger partial charge in [-0.2, -0.15) is 0 Å². The first-order valence-electron chi connectivity index (χ1n) is 8.01. The molecule has 3 N–H and O–H groups in total. The van der Waals surface area contributed by atoms with Gasteiger partial charge in [0.15, 0.2) is 0 Å². The highest BCUT2D eigenvalue weighted by atomic mass is 16.5. The molecule has 126 valence electrons. The van der Waals surface area contributed by atoms with Gasteiger partial charge < -0.3 is 20.5 Å². The number of benzene rings is 1. The van der Waals surface area contributed by atoms with E-state index >= 15 is 0 Å². The Morgan fingerprint density at radius 2 is 1.57 bits per heavy atom. The number of hydrogen-bond acceptors (Lipinski definition) is 5. The third-order valence-corrected chi connectivity index (χ3v) is 4.05. The van der Waals surface area contributed by atoms with Gasteiger partial charge in [0.2, 0.25) is 0 Å². The van der Waals surface area contributed by atoms with Gasteiger partial charge >= 0.3 is 11.9 Å². The second kappa shape index (κ2) is 9.27. The van der Waals surface area contributed by atoms with Crippen LogP contribution in [0.25, 0.3) is 0 Å². The van der Waals surface area contributed by atoms with Gasteiger partial charge in [0.25, 0.3) is 0 Å². The topological polar surface area (TPSA) is 87.7 Å². The molecule has 0 aliphatic heterocycles. The molecular weight excluding hydrogens is 296 g/mol. The third kappa shape index (κ3) is 6.80. The Morgan fingerprint density at radius 3 is 2.13 bits per heavy atom. The first kappa shape index (κ1) is 17.4. The molecule has 0 aromatic heterocycles. The van der Waals surface area contributed by atoms with Crippen LogP contribution in [0.1, 0.15) is 31.2 Å². The minimum absolute atomic E-state index is 0.00851. The molecule has 0 saturated heterocycles. The fourth-order valence-electron chi connectivity index (χ4n) is 2.75. The number of carboxylic acid groups (broad SMARTS) is 1. The fourth-order valence-corrected chi connectivity index (χ4v) is 2.75. The lowest BCUT2D eigenvalue weighted by Gasteiger charge is -2.29. The van der Waals surface area contributed by atoms with Gasteiger partial charge in [-0.1, -0.05) is 30.3 Å². The molecule has 1 aliphatic rings. The Hall–Kier alpha value is -1.92. The van der Waals surface area contributed by atoms with Crippen molar-refractivity contribution in [2.75, 3.05) is 13.1 Å². The van der Waals surface area contributed by atoms with Gasteiger partial charge in [0, 0.05) is 12.1 Å². The number of ether oxygens (including phenoxy) is 1. The van der Waals surface area contributed by atoms with Crippen molar-refractivity contribution in [3.63, 3.8) is 0 Å². The molecule has 0 amide bonds. The maximum Gasteiger partial charge on any atom is 0.320 e. The smallest absolute Gasteiger partial charge is 0.320 e. The summed E-state index contributed by atoms with van der Waals surface area (Å²) in [7, 11) is 0. The van der Waals surface area contributed by atoms with Crippen LogP contribution in [0.4, 0.5) is 0 Å². The summed E-state index contributed by atoms with van der Waals surface area (Å²) in [5.74, 6) is -1.08. The number of hydrogen-bond donors (Lipinski definition) is 3. The van der Waals surface area contributed by atoms with Crippen molar-refractivity contribution in [3.05, 3.63) is 35.9 Å². The molecule has 0 radical (unpaired) electrons. The Balaban J connectivity index is 1.58. The van der Waals surface area contributed by atoms with Crippen LogP contribution in [-0.2, 0) is 20.9 Å². The van der Waals surface area contributed by atoms with E-state index in [1.54, 1.807) is 0 Å². The SMILES string of the molecule is O=C(O)CNC1CCC(NCC(=O)OCc2ccccc2)CC1. The van der Waals surface area contributed by atoms with Gasteiger partial charge in [-0.15, -0.1) is 0 Å². The molecule has 0 spiro atoms. The van der Waals surface area contributed by atoms with E-state index in [9.17, 15) is 9.59 Å². The Labute approximate surface area is 136 Å². The lowest BCUT2D eigenvalue weighted by Crippen LogP contribution is -2.42. The predicted octanol–water partition coefficient (Wildman–Crippen LogP) is 1.30.